The summed E-state index contributed by atoms with van der Waals surface area (Å²) in [5, 5.41) is 19.2. The van der Waals surface area contributed by atoms with Gasteiger partial charge in [0.2, 0.25) is 0 Å². The molecule has 3 aliphatic carbocycles. The molecule has 4 nitrogen and oxygen atoms in total. The Morgan fingerprint density at radius 3 is 2.61 bits per heavy atom. The van der Waals surface area contributed by atoms with Gasteiger partial charge in [-0.2, -0.15) is 10.2 Å². The molecule has 162 valence electrons. The summed E-state index contributed by atoms with van der Waals surface area (Å²) in [5.41, 5.74) is 6.61. The Bertz CT molecular complexity index is 1020. The minimum atomic E-state index is 0.182. The summed E-state index contributed by atoms with van der Waals surface area (Å²) in [4.78, 5) is 2.10. The quantitative estimate of drug-likeness (QED) is 0.509. The number of phenols is 1. The average molecular weight is 416 g/mol. The van der Waals surface area contributed by atoms with E-state index in [1.54, 1.807) is 0 Å². The number of benzene rings is 2. The summed E-state index contributed by atoms with van der Waals surface area (Å²) < 4.78 is 0. The molecular formula is C27H33N3O. The van der Waals surface area contributed by atoms with Gasteiger partial charge in [0.15, 0.2) is 0 Å². The zero-order valence-electron chi connectivity index (χ0n) is 18.9. The van der Waals surface area contributed by atoms with Gasteiger partial charge >= 0.3 is 0 Å². The molecule has 2 fully saturated rings. The normalized spacial score (nSPS) is 30.8. The van der Waals surface area contributed by atoms with Crippen molar-refractivity contribution < 1.29 is 5.11 Å². The van der Waals surface area contributed by atoms with Crippen molar-refractivity contribution in [1.82, 2.24) is 0 Å². The Labute approximate surface area is 185 Å². The third kappa shape index (κ3) is 3.56. The third-order valence-corrected chi connectivity index (χ3v) is 8.25. The number of aryl methyl sites for hydroxylation is 1. The standard InChI is InChI=1S/C27H33N3O/c1-27-15-14-23-22-11-9-21(31)16-19(22)6-10-24(23)25(27)12-13-26(27)29-28-17-18-4-7-20(8-5-18)30(2)3/h4-5,7-9,11,16-17,23-25,31H,6,10,12-15H2,1-3H3/b28-17-,29-26-/t23-,24+,25+,27-/m0/s1. The van der Waals surface area contributed by atoms with Crippen LogP contribution in [0.1, 0.15) is 61.6 Å². The fourth-order valence-corrected chi connectivity index (χ4v) is 6.55. The Balaban J connectivity index is 1.34. The molecule has 0 aliphatic heterocycles. The molecule has 0 amide bonds. The number of aromatic hydroxyl groups is 1. The van der Waals surface area contributed by atoms with Crippen molar-refractivity contribution in [2.24, 2.45) is 27.5 Å². The second-order valence-electron chi connectivity index (χ2n) is 10.1. The van der Waals surface area contributed by atoms with Crippen LogP contribution >= 0.6 is 0 Å². The van der Waals surface area contributed by atoms with Crippen molar-refractivity contribution in [3.05, 3.63) is 59.2 Å². The molecule has 1 N–H and O–H groups in total. The molecule has 0 spiro atoms. The average Bonchev–Trinajstić information content (AvgIpc) is 3.10. The van der Waals surface area contributed by atoms with Gasteiger partial charge in [0, 0.05) is 30.9 Å². The van der Waals surface area contributed by atoms with Crippen LogP contribution in [0, 0.1) is 17.3 Å². The lowest BCUT2D eigenvalue weighted by Crippen LogP contribution is -2.42. The number of anilines is 1. The van der Waals surface area contributed by atoms with E-state index in [1.807, 2.05) is 18.3 Å². The lowest BCUT2D eigenvalue weighted by atomic mass is 9.55. The molecule has 0 bridgehead atoms. The highest BCUT2D eigenvalue weighted by atomic mass is 16.3. The van der Waals surface area contributed by atoms with Crippen LogP contribution in [0.25, 0.3) is 0 Å². The van der Waals surface area contributed by atoms with Gasteiger partial charge in [-0.3, -0.25) is 0 Å². The fourth-order valence-electron chi connectivity index (χ4n) is 6.55. The van der Waals surface area contributed by atoms with Gasteiger partial charge in [-0.1, -0.05) is 25.1 Å². The molecule has 4 heteroatoms. The van der Waals surface area contributed by atoms with Gasteiger partial charge in [-0.25, -0.2) is 0 Å². The summed E-state index contributed by atoms with van der Waals surface area (Å²) in [6, 6.07) is 14.5. The first-order valence-electron chi connectivity index (χ1n) is 11.7. The van der Waals surface area contributed by atoms with Gasteiger partial charge < -0.3 is 10.0 Å². The van der Waals surface area contributed by atoms with Gasteiger partial charge in [0.25, 0.3) is 0 Å². The zero-order chi connectivity index (χ0) is 21.6. The van der Waals surface area contributed by atoms with E-state index >= 15 is 0 Å². The maximum atomic E-state index is 9.88. The highest BCUT2D eigenvalue weighted by Gasteiger charge is 2.53. The summed E-state index contributed by atoms with van der Waals surface area (Å²) >= 11 is 0. The Morgan fingerprint density at radius 2 is 1.84 bits per heavy atom. The Kier molecular flexibility index (Phi) is 5.11. The molecule has 2 saturated carbocycles. The van der Waals surface area contributed by atoms with Crippen LogP contribution in [0.15, 0.2) is 52.7 Å². The molecule has 0 aromatic heterocycles. The van der Waals surface area contributed by atoms with Crippen LogP contribution in [-0.2, 0) is 6.42 Å². The van der Waals surface area contributed by atoms with Crippen LogP contribution in [0.5, 0.6) is 5.75 Å². The van der Waals surface area contributed by atoms with E-state index in [0.717, 1.165) is 24.3 Å². The van der Waals surface area contributed by atoms with E-state index in [1.165, 1.54) is 48.2 Å². The maximum absolute atomic E-state index is 9.88. The van der Waals surface area contributed by atoms with E-state index in [9.17, 15) is 5.11 Å². The van der Waals surface area contributed by atoms with Gasteiger partial charge in [-0.05, 0) is 97.2 Å². The van der Waals surface area contributed by atoms with Crippen LogP contribution in [0.3, 0.4) is 0 Å². The monoisotopic (exact) mass is 415 g/mol. The maximum Gasteiger partial charge on any atom is 0.115 e. The van der Waals surface area contributed by atoms with E-state index in [2.05, 4.69) is 61.4 Å². The van der Waals surface area contributed by atoms with E-state index in [-0.39, 0.29) is 5.41 Å². The molecule has 3 aliphatic rings. The molecule has 0 radical (unpaired) electrons. The van der Waals surface area contributed by atoms with Crippen LogP contribution < -0.4 is 4.90 Å². The minimum Gasteiger partial charge on any atom is -0.508 e. The molecular weight excluding hydrogens is 382 g/mol. The second-order valence-corrected chi connectivity index (χ2v) is 10.1. The van der Waals surface area contributed by atoms with Crippen molar-refractivity contribution in [2.75, 3.05) is 19.0 Å². The van der Waals surface area contributed by atoms with Crippen LogP contribution in [0.2, 0.25) is 0 Å². The number of rotatable bonds is 3. The third-order valence-electron chi connectivity index (χ3n) is 8.25. The summed E-state index contributed by atoms with van der Waals surface area (Å²) in [6.45, 7) is 2.44. The molecule has 0 saturated heterocycles. The highest BCUT2D eigenvalue weighted by molar-refractivity contribution is 5.93. The molecule has 31 heavy (non-hydrogen) atoms. The predicted molar refractivity (Wildman–Crippen MR) is 129 cm³/mol. The molecule has 2 aromatic rings. The number of hydrogen-bond acceptors (Lipinski definition) is 4. The largest absolute Gasteiger partial charge is 0.508 e. The summed E-state index contributed by atoms with van der Waals surface area (Å²) in [5.74, 6) is 2.47. The van der Waals surface area contributed by atoms with Crippen molar-refractivity contribution in [3.63, 3.8) is 0 Å². The zero-order valence-corrected chi connectivity index (χ0v) is 18.9. The fraction of sp³-hybridized carbons (Fsp3) is 0.481. The SMILES string of the molecule is CN(C)c1ccc(/C=N\N=C2\CC[C@@H]3[C@@H]4CCc5cc(O)ccc5[C@@H]4CC[C@]23C)cc1. The first kappa shape index (κ1) is 20.3. The summed E-state index contributed by atoms with van der Waals surface area (Å²) in [7, 11) is 4.10. The van der Waals surface area contributed by atoms with E-state index in [4.69, 9.17) is 5.10 Å². The molecule has 2 aromatic carbocycles. The van der Waals surface area contributed by atoms with Crippen molar-refractivity contribution in [2.45, 2.75) is 51.4 Å². The number of fused-ring (bicyclic) bond motifs is 5. The van der Waals surface area contributed by atoms with Gasteiger partial charge in [0.05, 0.1) is 6.21 Å². The number of phenolic OH excluding ortho intramolecular Hbond substituents is 1. The van der Waals surface area contributed by atoms with Gasteiger partial charge in [0.1, 0.15) is 5.75 Å². The molecule has 0 heterocycles. The minimum absolute atomic E-state index is 0.182. The molecule has 0 unspecified atom stereocenters. The second kappa shape index (κ2) is 7.81. The molecule has 4 atom stereocenters. The first-order valence-corrected chi connectivity index (χ1v) is 11.7. The Hall–Kier alpha value is -2.62. The number of hydrogen-bond donors (Lipinski definition) is 1. The topological polar surface area (TPSA) is 48.2 Å². The van der Waals surface area contributed by atoms with Crippen molar-refractivity contribution in [3.8, 4) is 5.75 Å². The van der Waals surface area contributed by atoms with Crippen LogP contribution in [-0.4, -0.2) is 31.1 Å². The lowest BCUT2D eigenvalue weighted by Gasteiger charge is -2.49. The number of nitrogens with zero attached hydrogens (tertiary/aromatic N) is 3. The summed E-state index contributed by atoms with van der Waals surface area (Å²) in [6.07, 6.45) is 8.91. The first-order chi connectivity index (χ1) is 15.0. The molecule has 5 rings (SSSR count). The van der Waals surface area contributed by atoms with E-state index < -0.39 is 0 Å². The Morgan fingerprint density at radius 1 is 1.03 bits per heavy atom. The lowest BCUT2D eigenvalue weighted by molar-refractivity contribution is 0.0955. The van der Waals surface area contributed by atoms with Gasteiger partial charge in [-0.15, -0.1) is 0 Å². The van der Waals surface area contributed by atoms with Crippen molar-refractivity contribution in [1.29, 1.82) is 0 Å². The van der Waals surface area contributed by atoms with Crippen molar-refractivity contribution >= 4 is 17.6 Å². The smallest absolute Gasteiger partial charge is 0.115 e. The van der Waals surface area contributed by atoms with Crippen LogP contribution in [0.4, 0.5) is 5.69 Å². The predicted octanol–water partition coefficient (Wildman–Crippen LogP) is 5.79. The van der Waals surface area contributed by atoms with E-state index in [0.29, 0.717) is 17.6 Å². The highest BCUT2D eigenvalue weighted by Crippen LogP contribution is 2.60.